The molecular weight excluding hydrogens is 144 g/mol. The van der Waals surface area contributed by atoms with Crippen molar-refractivity contribution in [3.8, 4) is 0 Å². The van der Waals surface area contributed by atoms with Crippen molar-refractivity contribution in [1.82, 2.24) is 0 Å². The van der Waals surface area contributed by atoms with E-state index in [0.29, 0.717) is 5.92 Å². The molecule has 70 valence electrons. The summed E-state index contributed by atoms with van der Waals surface area (Å²) >= 11 is 0. The van der Waals surface area contributed by atoms with Crippen LogP contribution in [0.5, 0.6) is 0 Å². The molecule has 12 heavy (non-hydrogen) atoms. The maximum absolute atomic E-state index is 8.66. The van der Waals surface area contributed by atoms with Gasteiger partial charge in [-0.3, -0.25) is 0 Å². The SMILES string of the molecule is [2H]C1(C(C)(C)C)CC2CCC1CC2. The van der Waals surface area contributed by atoms with Crippen LogP contribution in [0.3, 0.4) is 0 Å². The van der Waals surface area contributed by atoms with Crippen molar-refractivity contribution in [2.45, 2.75) is 52.9 Å². The van der Waals surface area contributed by atoms with E-state index in [2.05, 4.69) is 20.8 Å². The first-order valence-electron chi connectivity index (χ1n) is 5.93. The summed E-state index contributed by atoms with van der Waals surface area (Å²) in [6.07, 6.45) is 6.63. The van der Waals surface area contributed by atoms with Gasteiger partial charge in [-0.1, -0.05) is 33.6 Å². The number of hydrogen-bond donors (Lipinski definition) is 0. The van der Waals surface area contributed by atoms with Gasteiger partial charge in [0.1, 0.15) is 0 Å². The fourth-order valence-electron chi connectivity index (χ4n) is 3.11. The highest BCUT2D eigenvalue weighted by molar-refractivity contribution is 4.91. The monoisotopic (exact) mass is 167 g/mol. The van der Waals surface area contributed by atoms with Crippen molar-refractivity contribution < 1.29 is 1.37 Å². The first-order valence-corrected chi connectivity index (χ1v) is 5.43. The normalized spacial score (nSPS) is 49.1. The summed E-state index contributed by atoms with van der Waals surface area (Å²) in [5.41, 5.74) is 0.177. The second-order valence-electron chi connectivity index (χ2n) is 5.70. The summed E-state index contributed by atoms with van der Waals surface area (Å²) in [6, 6.07) is 0. The van der Waals surface area contributed by atoms with Crippen LogP contribution in [-0.2, 0) is 0 Å². The van der Waals surface area contributed by atoms with Gasteiger partial charge in [-0.15, -0.1) is 0 Å². The lowest BCUT2D eigenvalue weighted by atomic mass is 9.57. The smallest absolute Gasteiger partial charge is 0.0311 e. The molecule has 3 saturated carbocycles. The average molecular weight is 167 g/mol. The summed E-state index contributed by atoms with van der Waals surface area (Å²) in [6.45, 7) is 6.75. The van der Waals surface area contributed by atoms with Crippen molar-refractivity contribution in [3.05, 3.63) is 0 Å². The topological polar surface area (TPSA) is 0 Å². The summed E-state index contributed by atoms with van der Waals surface area (Å²) in [5, 5.41) is 0. The summed E-state index contributed by atoms with van der Waals surface area (Å²) in [5.74, 6) is 1.45. The van der Waals surface area contributed by atoms with Gasteiger partial charge in [-0.2, -0.15) is 0 Å². The molecule has 0 heteroatoms. The van der Waals surface area contributed by atoms with Gasteiger partial charge in [-0.05, 0) is 42.4 Å². The molecule has 0 radical (unpaired) electrons. The largest absolute Gasteiger partial charge is 0.0599 e. The van der Waals surface area contributed by atoms with Crippen LogP contribution in [0, 0.1) is 23.1 Å². The predicted octanol–water partition coefficient (Wildman–Crippen LogP) is 3.86. The summed E-state index contributed by atoms with van der Waals surface area (Å²) in [7, 11) is 0. The first kappa shape index (κ1) is 7.41. The molecule has 0 heterocycles. The molecule has 0 saturated heterocycles. The fraction of sp³-hybridized carbons (Fsp3) is 1.00. The van der Waals surface area contributed by atoms with Crippen LogP contribution in [0.1, 0.15) is 54.2 Å². The van der Waals surface area contributed by atoms with Crippen LogP contribution in [0.15, 0.2) is 0 Å². The lowest BCUT2D eigenvalue weighted by molar-refractivity contribution is 0.0250. The van der Waals surface area contributed by atoms with Gasteiger partial charge in [0.05, 0.1) is 0 Å². The Morgan fingerprint density at radius 2 is 1.67 bits per heavy atom. The van der Waals surface area contributed by atoms with Crippen LogP contribution in [-0.4, -0.2) is 0 Å². The maximum Gasteiger partial charge on any atom is 0.0311 e. The minimum absolute atomic E-state index is 0.117. The maximum atomic E-state index is 8.66. The van der Waals surface area contributed by atoms with E-state index in [1.807, 2.05) is 0 Å². The lowest BCUT2D eigenvalue weighted by Crippen LogP contribution is -2.38. The third-order valence-electron chi connectivity index (χ3n) is 3.81. The highest BCUT2D eigenvalue weighted by Crippen LogP contribution is 2.51. The molecule has 3 fully saturated rings. The van der Waals surface area contributed by atoms with Gasteiger partial charge in [0.15, 0.2) is 0 Å². The van der Waals surface area contributed by atoms with E-state index in [1.165, 1.54) is 32.1 Å². The van der Waals surface area contributed by atoms with Crippen LogP contribution in [0.25, 0.3) is 0 Å². The predicted molar refractivity (Wildman–Crippen MR) is 53.0 cm³/mol. The molecule has 0 aromatic rings. The van der Waals surface area contributed by atoms with Gasteiger partial charge < -0.3 is 0 Å². The molecule has 3 aliphatic carbocycles. The zero-order chi connectivity index (χ0) is 9.69. The summed E-state index contributed by atoms with van der Waals surface area (Å²) < 4.78 is 8.66. The van der Waals surface area contributed by atoms with Gasteiger partial charge >= 0.3 is 0 Å². The van der Waals surface area contributed by atoms with Crippen molar-refractivity contribution in [2.24, 2.45) is 23.1 Å². The molecular formula is C12H22. The van der Waals surface area contributed by atoms with Crippen LogP contribution < -0.4 is 0 Å². The highest BCUT2D eigenvalue weighted by Gasteiger charge is 2.40. The van der Waals surface area contributed by atoms with E-state index in [4.69, 9.17) is 1.37 Å². The third-order valence-corrected chi connectivity index (χ3v) is 3.81. The Morgan fingerprint density at radius 1 is 1.08 bits per heavy atom. The van der Waals surface area contributed by atoms with E-state index in [1.54, 1.807) is 0 Å². The van der Waals surface area contributed by atoms with Gasteiger partial charge in [-0.25, -0.2) is 0 Å². The second-order valence-corrected chi connectivity index (χ2v) is 5.70. The quantitative estimate of drug-likeness (QED) is 0.514. The molecule has 1 atom stereocenters. The second kappa shape index (κ2) is 2.75. The lowest BCUT2D eigenvalue weighted by Gasteiger charge is -2.48. The number of fused-ring (bicyclic) bond motifs is 3. The van der Waals surface area contributed by atoms with Crippen molar-refractivity contribution in [1.29, 1.82) is 0 Å². The van der Waals surface area contributed by atoms with Crippen LogP contribution >= 0.6 is 0 Å². The van der Waals surface area contributed by atoms with Crippen LogP contribution in [0.2, 0.25) is 0 Å². The molecule has 0 N–H and O–H groups in total. The highest BCUT2D eigenvalue weighted by atomic mass is 14.5. The minimum Gasteiger partial charge on any atom is -0.0599 e. The van der Waals surface area contributed by atoms with Crippen molar-refractivity contribution in [3.63, 3.8) is 0 Å². The van der Waals surface area contributed by atoms with E-state index < -0.39 is 0 Å². The first-order chi connectivity index (χ1) is 5.93. The molecule has 0 aliphatic heterocycles. The Bertz CT molecular complexity index is 196. The Hall–Kier alpha value is 0. The van der Waals surface area contributed by atoms with Crippen molar-refractivity contribution in [2.75, 3.05) is 0 Å². The summed E-state index contributed by atoms with van der Waals surface area (Å²) in [4.78, 5) is 0. The third kappa shape index (κ3) is 1.41. The van der Waals surface area contributed by atoms with Crippen molar-refractivity contribution >= 4 is 0 Å². The average Bonchev–Trinajstić information content (AvgIpc) is 2.04. The van der Waals surface area contributed by atoms with E-state index in [9.17, 15) is 0 Å². The van der Waals surface area contributed by atoms with E-state index >= 15 is 0 Å². The zero-order valence-electron chi connectivity index (χ0n) is 9.69. The molecule has 0 aromatic carbocycles. The Kier molecular flexibility index (Phi) is 1.70. The van der Waals surface area contributed by atoms with Gasteiger partial charge in [0.2, 0.25) is 0 Å². The molecule has 2 bridgehead atoms. The Balaban J connectivity index is 2.24. The fourth-order valence-corrected chi connectivity index (χ4v) is 3.11. The van der Waals surface area contributed by atoms with Crippen LogP contribution in [0.4, 0.5) is 0 Å². The molecule has 0 nitrogen and oxygen atoms in total. The van der Waals surface area contributed by atoms with E-state index in [-0.39, 0.29) is 11.3 Å². The molecule has 3 rings (SSSR count). The minimum atomic E-state index is -0.117. The Labute approximate surface area is 78.1 Å². The number of rotatable bonds is 0. The molecule has 0 amide bonds. The standard InChI is InChI=1S/C12H22/c1-12(2,3)11-8-9-4-6-10(11)7-5-9/h9-11H,4-8H2,1-3H3/i11D. The zero-order valence-corrected chi connectivity index (χ0v) is 8.69. The van der Waals surface area contributed by atoms with E-state index in [0.717, 1.165) is 5.92 Å². The molecule has 1 unspecified atom stereocenters. The molecule has 3 aliphatic rings. The molecule has 0 spiro atoms. The Morgan fingerprint density at radius 3 is 1.92 bits per heavy atom. The van der Waals surface area contributed by atoms with Gasteiger partial charge in [0.25, 0.3) is 0 Å². The molecule has 0 aromatic heterocycles. The van der Waals surface area contributed by atoms with Gasteiger partial charge in [0, 0.05) is 1.37 Å². The number of hydrogen-bond acceptors (Lipinski definition) is 0.